The van der Waals surface area contributed by atoms with Gasteiger partial charge in [-0.2, -0.15) is 0 Å². The predicted molar refractivity (Wildman–Crippen MR) is 99.7 cm³/mol. The molecule has 0 saturated heterocycles. The molecule has 1 N–H and O–H groups in total. The molecule has 0 spiro atoms. The zero-order chi connectivity index (χ0) is 18.0. The Bertz CT molecular complexity index is 1010. The molecule has 5 nitrogen and oxygen atoms in total. The number of aromatic amines is 1. The second-order valence-corrected chi connectivity index (χ2v) is 7.03. The highest BCUT2D eigenvalue weighted by molar-refractivity contribution is 7.18. The summed E-state index contributed by atoms with van der Waals surface area (Å²) in [5, 5.41) is 0.608. The van der Waals surface area contributed by atoms with Crippen molar-refractivity contribution in [1.82, 2.24) is 9.97 Å². The molecular weight excluding hydrogens is 336 g/mol. The molecule has 0 atom stereocenters. The minimum Gasteiger partial charge on any atom is -0.454 e. The van der Waals surface area contributed by atoms with Crippen LogP contribution in [0.25, 0.3) is 16.3 Å². The molecule has 0 unspecified atom stereocenters. The lowest BCUT2D eigenvalue weighted by Crippen LogP contribution is -2.13. The van der Waals surface area contributed by atoms with Crippen molar-refractivity contribution in [1.29, 1.82) is 0 Å². The fourth-order valence-corrected chi connectivity index (χ4v) is 3.45. The molecule has 0 radical (unpaired) electrons. The SMILES string of the molecule is Cc1ccc(/C=C/C(=O)OCc2nc3sc(C)c(C)c3c(=O)[nH]2)cc1. The van der Waals surface area contributed by atoms with E-state index in [0.717, 1.165) is 21.6 Å². The van der Waals surface area contributed by atoms with Crippen LogP contribution in [0.15, 0.2) is 35.1 Å². The highest BCUT2D eigenvalue weighted by Crippen LogP contribution is 2.25. The van der Waals surface area contributed by atoms with Crippen molar-refractivity contribution in [3.05, 3.63) is 68.1 Å². The van der Waals surface area contributed by atoms with Crippen molar-refractivity contribution in [3.8, 4) is 0 Å². The fraction of sp³-hybridized carbons (Fsp3) is 0.211. The maximum absolute atomic E-state index is 12.2. The van der Waals surface area contributed by atoms with Crippen LogP contribution in [-0.4, -0.2) is 15.9 Å². The van der Waals surface area contributed by atoms with Gasteiger partial charge in [-0.25, -0.2) is 9.78 Å². The Morgan fingerprint density at radius 3 is 2.68 bits per heavy atom. The number of nitrogens with one attached hydrogen (secondary N) is 1. The lowest BCUT2D eigenvalue weighted by atomic mass is 10.1. The van der Waals surface area contributed by atoms with E-state index in [-0.39, 0.29) is 12.2 Å². The van der Waals surface area contributed by atoms with Gasteiger partial charge in [-0.15, -0.1) is 11.3 Å². The number of H-pyrrole nitrogens is 1. The molecule has 2 heterocycles. The number of thiophene rings is 1. The maximum Gasteiger partial charge on any atom is 0.331 e. The van der Waals surface area contributed by atoms with E-state index < -0.39 is 5.97 Å². The van der Waals surface area contributed by atoms with Gasteiger partial charge in [0.05, 0.1) is 5.39 Å². The molecule has 6 heteroatoms. The minimum atomic E-state index is -0.484. The summed E-state index contributed by atoms with van der Waals surface area (Å²) in [6.45, 7) is 5.79. The molecule has 0 aliphatic heterocycles. The first-order valence-electron chi connectivity index (χ1n) is 7.84. The van der Waals surface area contributed by atoms with Gasteiger partial charge < -0.3 is 9.72 Å². The molecule has 0 fully saturated rings. The van der Waals surface area contributed by atoms with Crippen LogP contribution >= 0.6 is 11.3 Å². The molecule has 3 aromatic rings. The summed E-state index contributed by atoms with van der Waals surface area (Å²) in [7, 11) is 0. The van der Waals surface area contributed by atoms with Gasteiger partial charge in [0.15, 0.2) is 0 Å². The Kier molecular flexibility index (Phi) is 4.81. The van der Waals surface area contributed by atoms with E-state index in [1.54, 1.807) is 6.08 Å². The van der Waals surface area contributed by atoms with Crippen molar-refractivity contribution in [3.63, 3.8) is 0 Å². The summed E-state index contributed by atoms with van der Waals surface area (Å²) in [6, 6.07) is 7.79. The van der Waals surface area contributed by atoms with E-state index in [9.17, 15) is 9.59 Å². The fourth-order valence-electron chi connectivity index (χ4n) is 2.40. The summed E-state index contributed by atoms with van der Waals surface area (Å²) in [6.07, 6.45) is 3.05. The van der Waals surface area contributed by atoms with Crippen molar-refractivity contribution in [2.45, 2.75) is 27.4 Å². The number of aromatic nitrogens is 2. The largest absolute Gasteiger partial charge is 0.454 e. The third kappa shape index (κ3) is 3.85. The van der Waals surface area contributed by atoms with Gasteiger partial charge in [0.25, 0.3) is 5.56 Å². The summed E-state index contributed by atoms with van der Waals surface area (Å²) < 4.78 is 5.16. The number of carbonyl (C=O) groups excluding carboxylic acids is 1. The average molecular weight is 354 g/mol. The first-order chi connectivity index (χ1) is 11.9. The molecule has 0 aliphatic carbocycles. The lowest BCUT2D eigenvalue weighted by Gasteiger charge is -2.02. The van der Waals surface area contributed by atoms with Crippen LogP contribution in [0.3, 0.4) is 0 Å². The summed E-state index contributed by atoms with van der Waals surface area (Å²) >= 11 is 1.46. The van der Waals surface area contributed by atoms with Gasteiger partial charge in [0, 0.05) is 11.0 Å². The van der Waals surface area contributed by atoms with Gasteiger partial charge in [-0.3, -0.25) is 4.79 Å². The normalized spacial score (nSPS) is 11.3. The molecule has 0 saturated carbocycles. The molecule has 0 bridgehead atoms. The van der Waals surface area contributed by atoms with Gasteiger partial charge in [0.1, 0.15) is 17.3 Å². The molecule has 0 amide bonds. The number of ether oxygens (including phenoxy) is 1. The number of esters is 1. The molecule has 2 aromatic heterocycles. The third-order valence-electron chi connectivity index (χ3n) is 3.93. The Morgan fingerprint density at radius 2 is 1.96 bits per heavy atom. The standard InChI is InChI=1S/C19H18N2O3S/c1-11-4-6-14(7-5-11)8-9-16(22)24-10-15-20-18(23)17-12(2)13(3)25-19(17)21-15/h4-9H,10H2,1-3H3,(H,20,21,23)/b9-8+. The number of aryl methyl sites for hydroxylation is 3. The Labute approximate surface area is 149 Å². The van der Waals surface area contributed by atoms with E-state index in [2.05, 4.69) is 9.97 Å². The summed E-state index contributed by atoms with van der Waals surface area (Å²) in [4.78, 5) is 32.8. The first kappa shape index (κ1) is 17.1. The van der Waals surface area contributed by atoms with Gasteiger partial charge in [-0.05, 0) is 38.0 Å². The molecular formula is C19H18N2O3S. The third-order valence-corrected chi connectivity index (χ3v) is 5.03. The van der Waals surface area contributed by atoms with E-state index >= 15 is 0 Å². The van der Waals surface area contributed by atoms with Crippen LogP contribution in [0.1, 0.15) is 27.4 Å². The highest BCUT2D eigenvalue weighted by atomic mass is 32.1. The topological polar surface area (TPSA) is 72.0 Å². The van der Waals surface area contributed by atoms with Crippen molar-refractivity contribution in [2.24, 2.45) is 0 Å². The lowest BCUT2D eigenvalue weighted by molar-refractivity contribution is -0.139. The molecule has 0 aliphatic rings. The first-order valence-corrected chi connectivity index (χ1v) is 8.66. The van der Waals surface area contributed by atoms with Crippen LogP contribution in [0.4, 0.5) is 0 Å². The number of fused-ring (bicyclic) bond motifs is 1. The predicted octanol–water partition coefficient (Wildman–Crippen LogP) is 3.67. The number of nitrogens with zero attached hydrogens (tertiary/aromatic N) is 1. The van der Waals surface area contributed by atoms with E-state index in [0.29, 0.717) is 16.0 Å². The number of rotatable bonds is 4. The van der Waals surface area contributed by atoms with Crippen molar-refractivity contribution < 1.29 is 9.53 Å². The highest BCUT2D eigenvalue weighted by Gasteiger charge is 2.12. The van der Waals surface area contributed by atoms with E-state index in [1.807, 2.05) is 45.0 Å². The number of benzene rings is 1. The summed E-state index contributed by atoms with van der Waals surface area (Å²) in [5.74, 6) is -0.141. The smallest absolute Gasteiger partial charge is 0.331 e. The quantitative estimate of drug-likeness (QED) is 0.573. The average Bonchev–Trinajstić information content (AvgIpc) is 2.87. The minimum absolute atomic E-state index is 0.0712. The van der Waals surface area contributed by atoms with Crippen LogP contribution in [-0.2, 0) is 16.1 Å². The molecule has 3 rings (SSSR count). The zero-order valence-electron chi connectivity index (χ0n) is 14.3. The molecule has 1 aromatic carbocycles. The van der Waals surface area contributed by atoms with Crippen LogP contribution in [0.2, 0.25) is 0 Å². The monoisotopic (exact) mass is 354 g/mol. The zero-order valence-corrected chi connectivity index (χ0v) is 15.1. The van der Waals surface area contributed by atoms with Crippen LogP contribution in [0.5, 0.6) is 0 Å². The van der Waals surface area contributed by atoms with Gasteiger partial charge in [0.2, 0.25) is 0 Å². The Balaban J connectivity index is 1.69. The van der Waals surface area contributed by atoms with E-state index in [4.69, 9.17) is 4.74 Å². The van der Waals surface area contributed by atoms with Crippen molar-refractivity contribution >= 4 is 33.6 Å². The maximum atomic E-state index is 12.2. The number of hydrogen-bond acceptors (Lipinski definition) is 5. The van der Waals surface area contributed by atoms with Crippen LogP contribution < -0.4 is 5.56 Å². The Morgan fingerprint density at radius 1 is 1.24 bits per heavy atom. The van der Waals surface area contributed by atoms with Crippen molar-refractivity contribution in [2.75, 3.05) is 0 Å². The molecule has 25 heavy (non-hydrogen) atoms. The number of hydrogen-bond donors (Lipinski definition) is 1. The van der Waals surface area contributed by atoms with E-state index in [1.165, 1.54) is 17.4 Å². The second kappa shape index (κ2) is 7.03. The summed E-state index contributed by atoms with van der Waals surface area (Å²) in [5.41, 5.74) is 2.82. The molecule has 128 valence electrons. The van der Waals surface area contributed by atoms with Gasteiger partial charge in [-0.1, -0.05) is 29.8 Å². The number of carbonyl (C=O) groups is 1. The van der Waals surface area contributed by atoms with Gasteiger partial charge >= 0.3 is 5.97 Å². The second-order valence-electron chi connectivity index (χ2n) is 5.83. The Hall–Kier alpha value is -2.73. The van der Waals surface area contributed by atoms with Crippen LogP contribution in [0, 0.1) is 20.8 Å².